The predicted molar refractivity (Wildman–Crippen MR) is 93.5 cm³/mol. The first-order chi connectivity index (χ1) is 11.1. The highest BCUT2D eigenvalue weighted by atomic mass is 32.2. The lowest BCUT2D eigenvalue weighted by Crippen LogP contribution is -2.26. The molecule has 0 heterocycles. The number of hydrogen-bond acceptors (Lipinski definition) is 5. The summed E-state index contributed by atoms with van der Waals surface area (Å²) in [6, 6.07) is 12.2. The number of nitrogens with zero attached hydrogens (tertiary/aromatic N) is 1. The molecule has 0 aliphatic rings. The molecule has 2 aromatic rings. The van der Waals surface area contributed by atoms with Gasteiger partial charge in [-0.1, -0.05) is 6.07 Å². The SMILES string of the molecule is COc1cccc(N(C)S(=O)(=O)c2ccc(NS(C)(=O)=O)cc2)c1. The zero-order valence-corrected chi connectivity index (χ0v) is 15.1. The van der Waals surface area contributed by atoms with Gasteiger partial charge in [0, 0.05) is 18.8 Å². The minimum atomic E-state index is -3.78. The molecule has 130 valence electrons. The second kappa shape index (κ2) is 6.70. The second-order valence-corrected chi connectivity index (χ2v) is 8.79. The summed E-state index contributed by atoms with van der Waals surface area (Å²) in [6.07, 6.45) is 1.02. The van der Waals surface area contributed by atoms with E-state index in [4.69, 9.17) is 4.74 Å². The molecule has 0 amide bonds. The van der Waals surface area contributed by atoms with E-state index in [1.54, 1.807) is 24.3 Å². The third kappa shape index (κ3) is 4.18. The van der Waals surface area contributed by atoms with Crippen LogP contribution >= 0.6 is 0 Å². The van der Waals surface area contributed by atoms with Gasteiger partial charge in [-0.3, -0.25) is 9.03 Å². The van der Waals surface area contributed by atoms with E-state index in [1.807, 2.05) is 0 Å². The van der Waals surface area contributed by atoms with E-state index in [0.717, 1.165) is 10.6 Å². The first-order valence-corrected chi connectivity index (χ1v) is 10.2. The van der Waals surface area contributed by atoms with E-state index < -0.39 is 20.0 Å². The fourth-order valence-corrected chi connectivity index (χ4v) is 3.76. The van der Waals surface area contributed by atoms with Crippen molar-refractivity contribution in [1.82, 2.24) is 0 Å². The minimum Gasteiger partial charge on any atom is -0.497 e. The summed E-state index contributed by atoms with van der Waals surface area (Å²) in [5.74, 6) is 0.544. The van der Waals surface area contributed by atoms with Gasteiger partial charge in [-0.05, 0) is 36.4 Å². The van der Waals surface area contributed by atoms with Crippen LogP contribution in [-0.4, -0.2) is 37.2 Å². The first kappa shape index (κ1) is 18.1. The van der Waals surface area contributed by atoms with Gasteiger partial charge in [0.05, 0.1) is 23.9 Å². The largest absolute Gasteiger partial charge is 0.497 e. The van der Waals surface area contributed by atoms with Crippen LogP contribution in [0.3, 0.4) is 0 Å². The third-order valence-electron chi connectivity index (χ3n) is 3.23. The van der Waals surface area contributed by atoms with Crippen LogP contribution in [0.25, 0.3) is 0 Å². The van der Waals surface area contributed by atoms with Crippen LogP contribution < -0.4 is 13.8 Å². The first-order valence-electron chi connectivity index (χ1n) is 6.84. The fraction of sp³-hybridized carbons (Fsp3) is 0.200. The quantitative estimate of drug-likeness (QED) is 0.838. The minimum absolute atomic E-state index is 0.0480. The number of ether oxygens (including phenoxy) is 1. The van der Waals surface area contributed by atoms with E-state index >= 15 is 0 Å². The van der Waals surface area contributed by atoms with Crippen LogP contribution in [0.5, 0.6) is 5.75 Å². The Labute approximate surface area is 142 Å². The summed E-state index contributed by atoms with van der Waals surface area (Å²) in [5.41, 5.74) is 0.744. The van der Waals surface area contributed by atoms with E-state index in [9.17, 15) is 16.8 Å². The number of hydrogen-bond donors (Lipinski definition) is 1. The van der Waals surface area contributed by atoms with Gasteiger partial charge in [-0.25, -0.2) is 16.8 Å². The number of rotatable bonds is 6. The van der Waals surface area contributed by atoms with Crippen LogP contribution in [-0.2, 0) is 20.0 Å². The van der Waals surface area contributed by atoms with Crippen molar-refractivity contribution in [2.75, 3.05) is 29.4 Å². The topological polar surface area (TPSA) is 92.8 Å². The Morgan fingerprint density at radius 2 is 1.62 bits per heavy atom. The summed E-state index contributed by atoms with van der Waals surface area (Å²) in [6.45, 7) is 0. The van der Waals surface area contributed by atoms with Gasteiger partial charge >= 0.3 is 0 Å². The maximum absolute atomic E-state index is 12.7. The molecule has 1 N–H and O–H groups in total. The molecule has 0 bridgehead atoms. The maximum atomic E-state index is 12.7. The molecule has 0 aliphatic carbocycles. The Kier molecular flexibility index (Phi) is 5.05. The molecule has 0 fully saturated rings. The van der Waals surface area contributed by atoms with Gasteiger partial charge in [0.1, 0.15) is 5.75 Å². The maximum Gasteiger partial charge on any atom is 0.264 e. The summed E-state index contributed by atoms with van der Waals surface area (Å²) in [5, 5.41) is 0. The highest BCUT2D eigenvalue weighted by molar-refractivity contribution is 7.93. The highest BCUT2D eigenvalue weighted by Gasteiger charge is 2.21. The van der Waals surface area contributed by atoms with Crippen LogP contribution in [0, 0.1) is 0 Å². The van der Waals surface area contributed by atoms with E-state index in [1.165, 1.54) is 38.4 Å². The summed E-state index contributed by atoms with van der Waals surface area (Å²) < 4.78 is 56.2. The van der Waals surface area contributed by atoms with Gasteiger partial charge in [0.2, 0.25) is 10.0 Å². The highest BCUT2D eigenvalue weighted by Crippen LogP contribution is 2.26. The van der Waals surface area contributed by atoms with Crippen LogP contribution in [0.15, 0.2) is 53.4 Å². The molecule has 0 radical (unpaired) electrons. The van der Waals surface area contributed by atoms with Crippen molar-refractivity contribution < 1.29 is 21.6 Å². The van der Waals surface area contributed by atoms with Gasteiger partial charge in [-0.2, -0.15) is 0 Å². The molecule has 2 rings (SSSR count). The summed E-state index contributed by atoms with van der Waals surface area (Å²) in [4.78, 5) is 0.0480. The van der Waals surface area contributed by atoms with Gasteiger partial charge in [-0.15, -0.1) is 0 Å². The molecule has 2 aromatic carbocycles. The van der Waals surface area contributed by atoms with Crippen molar-refractivity contribution in [2.24, 2.45) is 0 Å². The van der Waals surface area contributed by atoms with Gasteiger partial charge < -0.3 is 4.74 Å². The molecular formula is C15H18N2O5S2. The van der Waals surface area contributed by atoms with E-state index in [0.29, 0.717) is 17.1 Å². The zero-order valence-electron chi connectivity index (χ0n) is 13.4. The lowest BCUT2D eigenvalue weighted by molar-refractivity contribution is 0.415. The van der Waals surface area contributed by atoms with Crippen LogP contribution in [0.4, 0.5) is 11.4 Å². The molecule has 0 spiro atoms. The predicted octanol–water partition coefficient (Wildman–Crippen LogP) is 1.89. The molecule has 24 heavy (non-hydrogen) atoms. The number of anilines is 2. The van der Waals surface area contributed by atoms with E-state index in [-0.39, 0.29) is 4.90 Å². The Hall–Kier alpha value is -2.26. The number of methoxy groups -OCH3 is 1. The Balaban J connectivity index is 2.32. The Bertz CT molecular complexity index is 923. The molecule has 0 aliphatic heterocycles. The molecule has 0 atom stereocenters. The van der Waals surface area contributed by atoms with Crippen LogP contribution in [0.2, 0.25) is 0 Å². The third-order valence-corrected chi connectivity index (χ3v) is 5.64. The summed E-state index contributed by atoms with van der Waals surface area (Å²) in [7, 11) is -4.25. The average Bonchev–Trinajstić information content (AvgIpc) is 2.53. The molecule has 0 saturated carbocycles. The van der Waals surface area contributed by atoms with Crippen molar-refractivity contribution in [3.63, 3.8) is 0 Å². The van der Waals surface area contributed by atoms with Crippen molar-refractivity contribution in [2.45, 2.75) is 4.90 Å². The normalized spacial score (nSPS) is 11.8. The van der Waals surface area contributed by atoms with Gasteiger partial charge in [0.15, 0.2) is 0 Å². The average molecular weight is 370 g/mol. The second-order valence-electron chi connectivity index (χ2n) is 5.07. The smallest absolute Gasteiger partial charge is 0.264 e. The molecule has 9 heteroatoms. The Morgan fingerprint density at radius 1 is 1.00 bits per heavy atom. The van der Waals surface area contributed by atoms with Crippen molar-refractivity contribution in [1.29, 1.82) is 0 Å². The van der Waals surface area contributed by atoms with Crippen molar-refractivity contribution in [3.05, 3.63) is 48.5 Å². The van der Waals surface area contributed by atoms with Crippen molar-refractivity contribution >= 4 is 31.4 Å². The number of nitrogens with one attached hydrogen (secondary N) is 1. The lowest BCUT2D eigenvalue weighted by atomic mass is 10.3. The van der Waals surface area contributed by atoms with Crippen LogP contribution in [0.1, 0.15) is 0 Å². The summed E-state index contributed by atoms with van der Waals surface area (Å²) >= 11 is 0. The molecule has 7 nitrogen and oxygen atoms in total. The number of sulfonamides is 2. The van der Waals surface area contributed by atoms with Crippen molar-refractivity contribution in [3.8, 4) is 5.75 Å². The van der Waals surface area contributed by atoms with Gasteiger partial charge in [0.25, 0.3) is 10.0 Å². The number of benzene rings is 2. The fourth-order valence-electron chi connectivity index (χ4n) is 2.01. The molecule has 0 saturated heterocycles. The molecular weight excluding hydrogens is 352 g/mol. The lowest BCUT2D eigenvalue weighted by Gasteiger charge is -2.20. The molecule has 0 aromatic heterocycles. The Morgan fingerprint density at radius 3 is 2.17 bits per heavy atom. The molecule has 0 unspecified atom stereocenters. The monoisotopic (exact) mass is 370 g/mol. The standard InChI is InChI=1S/C15H18N2O5S2/c1-17(13-5-4-6-14(11-13)22-2)24(20,21)15-9-7-12(8-10-15)16-23(3,18)19/h4-11,16H,1-3H3. The zero-order chi connectivity index (χ0) is 18.0. The van der Waals surface area contributed by atoms with E-state index in [2.05, 4.69) is 4.72 Å².